The average Bonchev–Trinajstić information content (AvgIpc) is 3.15. The molecule has 1 aromatic carbocycles. The van der Waals surface area contributed by atoms with Crippen LogP contribution in [0.4, 0.5) is 5.82 Å². The van der Waals surface area contributed by atoms with Gasteiger partial charge in [0.1, 0.15) is 30.5 Å². The first-order valence-corrected chi connectivity index (χ1v) is 8.26. The van der Waals surface area contributed by atoms with Crippen molar-refractivity contribution in [1.82, 2.24) is 19.5 Å². The van der Waals surface area contributed by atoms with Gasteiger partial charge in [0, 0.05) is 10.6 Å². The maximum Gasteiger partial charge on any atom is 0.168 e. The van der Waals surface area contributed by atoms with E-state index in [-0.39, 0.29) is 5.82 Å². The molecule has 5 N–H and O–H groups in total. The first-order chi connectivity index (χ1) is 12.5. The highest BCUT2D eigenvalue weighted by molar-refractivity contribution is 6.30. The van der Waals surface area contributed by atoms with Crippen LogP contribution in [0, 0.1) is 0 Å². The Morgan fingerprint density at radius 1 is 1.15 bits per heavy atom. The number of benzene rings is 1. The van der Waals surface area contributed by atoms with Gasteiger partial charge in [-0.1, -0.05) is 11.6 Å². The third-order valence-corrected chi connectivity index (χ3v) is 4.63. The van der Waals surface area contributed by atoms with Crippen LogP contribution in [0.3, 0.4) is 0 Å². The van der Waals surface area contributed by atoms with Gasteiger partial charge in [0.25, 0.3) is 0 Å². The third-order valence-electron chi connectivity index (χ3n) is 4.38. The van der Waals surface area contributed by atoms with E-state index < -0.39 is 31.1 Å². The van der Waals surface area contributed by atoms with Gasteiger partial charge < -0.3 is 25.8 Å². The minimum Gasteiger partial charge on any atom is -0.394 e. The number of aliphatic hydroxyl groups excluding tert-OH is 3. The second-order valence-electron chi connectivity index (χ2n) is 5.97. The standard InChI is InChI=1S/C16H16ClN5O4/c17-8-3-1-7(2-4-8)14-21-10-13(18)19-6-20-15(10)22(14)16-12(25)11(24)9(5-23)26-16/h1-4,6,9,11-12,16,23-25H,5H2,(H2,18,19,20). The van der Waals surface area contributed by atoms with Gasteiger partial charge in [0.15, 0.2) is 23.2 Å². The van der Waals surface area contributed by atoms with Gasteiger partial charge in [-0.3, -0.25) is 4.57 Å². The summed E-state index contributed by atoms with van der Waals surface area (Å²) in [5, 5.41) is 30.5. The molecule has 1 aliphatic rings. The second-order valence-corrected chi connectivity index (χ2v) is 6.41. The molecule has 0 bridgehead atoms. The van der Waals surface area contributed by atoms with Crippen molar-refractivity contribution in [3.05, 3.63) is 35.6 Å². The zero-order valence-corrected chi connectivity index (χ0v) is 14.2. The van der Waals surface area contributed by atoms with Gasteiger partial charge in [-0.15, -0.1) is 0 Å². The van der Waals surface area contributed by atoms with Gasteiger partial charge >= 0.3 is 0 Å². The number of rotatable bonds is 3. The van der Waals surface area contributed by atoms with E-state index in [1.54, 1.807) is 28.8 Å². The molecule has 4 unspecified atom stereocenters. The highest BCUT2D eigenvalue weighted by Gasteiger charge is 2.45. The fourth-order valence-corrected chi connectivity index (χ4v) is 3.19. The van der Waals surface area contributed by atoms with Gasteiger partial charge in [0.05, 0.1) is 6.61 Å². The fourth-order valence-electron chi connectivity index (χ4n) is 3.06. The quantitative estimate of drug-likeness (QED) is 0.512. The molecule has 1 fully saturated rings. The predicted octanol–water partition coefficient (Wildman–Crippen LogP) is 0.340. The molecule has 26 heavy (non-hydrogen) atoms. The van der Waals surface area contributed by atoms with Crippen molar-refractivity contribution in [3.63, 3.8) is 0 Å². The molecule has 1 saturated heterocycles. The molecule has 0 radical (unpaired) electrons. The number of aromatic nitrogens is 4. The van der Waals surface area contributed by atoms with Crippen molar-refractivity contribution >= 4 is 28.6 Å². The van der Waals surface area contributed by atoms with Crippen LogP contribution in [0.2, 0.25) is 5.02 Å². The predicted molar refractivity (Wildman–Crippen MR) is 93.2 cm³/mol. The number of nitrogen functional groups attached to an aromatic ring is 1. The number of halogens is 1. The Labute approximate surface area is 152 Å². The topological polar surface area (TPSA) is 140 Å². The normalized spacial score (nSPS) is 25.8. The molecule has 4 rings (SSSR count). The summed E-state index contributed by atoms with van der Waals surface area (Å²) in [6, 6.07) is 6.91. The van der Waals surface area contributed by atoms with Gasteiger partial charge in [-0.05, 0) is 24.3 Å². The molecule has 0 amide bonds. The van der Waals surface area contributed by atoms with E-state index in [0.717, 1.165) is 0 Å². The monoisotopic (exact) mass is 377 g/mol. The molecule has 1 aliphatic heterocycles. The van der Waals surface area contributed by atoms with Crippen LogP contribution in [-0.2, 0) is 4.74 Å². The summed E-state index contributed by atoms with van der Waals surface area (Å²) in [4.78, 5) is 12.6. The van der Waals surface area contributed by atoms with Crippen molar-refractivity contribution in [2.24, 2.45) is 0 Å². The molecule has 4 atom stereocenters. The Morgan fingerprint density at radius 2 is 1.88 bits per heavy atom. The van der Waals surface area contributed by atoms with Crippen LogP contribution in [0.5, 0.6) is 0 Å². The molecule has 10 heteroatoms. The summed E-state index contributed by atoms with van der Waals surface area (Å²) in [7, 11) is 0. The number of aliphatic hydroxyl groups is 3. The maximum atomic E-state index is 10.4. The number of ether oxygens (including phenoxy) is 1. The number of nitrogens with two attached hydrogens (primary N) is 1. The van der Waals surface area contributed by atoms with E-state index in [1.165, 1.54) is 6.33 Å². The highest BCUT2D eigenvalue weighted by Crippen LogP contribution is 2.36. The van der Waals surface area contributed by atoms with Gasteiger partial charge in [-0.25, -0.2) is 15.0 Å². The average molecular weight is 378 g/mol. The molecule has 136 valence electrons. The van der Waals surface area contributed by atoms with E-state index >= 15 is 0 Å². The van der Waals surface area contributed by atoms with Crippen LogP contribution in [0.25, 0.3) is 22.6 Å². The minimum atomic E-state index is -1.29. The highest BCUT2D eigenvalue weighted by atomic mass is 35.5. The number of anilines is 1. The van der Waals surface area contributed by atoms with E-state index in [2.05, 4.69) is 15.0 Å². The number of imidazole rings is 1. The number of fused-ring (bicyclic) bond motifs is 1. The zero-order chi connectivity index (χ0) is 18.4. The molecule has 9 nitrogen and oxygen atoms in total. The Kier molecular flexibility index (Phi) is 4.25. The summed E-state index contributed by atoms with van der Waals surface area (Å²) < 4.78 is 7.20. The molecule has 0 spiro atoms. The molecule has 0 saturated carbocycles. The van der Waals surface area contributed by atoms with Crippen molar-refractivity contribution in [2.45, 2.75) is 24.5 Å². The maximum absolute atomic E-state index is 10.4. The lowest BCUT2D eigenvalue weighted by molar-refractivity contribution is -0.0503. The molecule has 2 aromatic heterocycles. The summed E-state index contributed by atoms with van der Waals surface area (Å²) >= 11 is 5.96. The summed E-state index contributed by atoms with van der Waals surface area (Å²) in [5.41, 5.74) is 7.29. The van der Waals surface area contributed by atoms with Crippen molar-refractivity contribution in [3.8, 4) is 11.4 Å². The molecule has 3 aromatic rings. The lowest BCUT2D eigenvalue weighted by Gasteiger charge is -2.19. The largest absolute Gasteiger partial charge is 0.394 e. The first kappa shape index (κ1) is 17.1. The first-order valence-electron chi connectivity index (χ1n) is 7.88. The fraction of sp³-hybridized carbons (Fsp3) is 0.312. The van der Waals surface area contributed by atoms with E-state index in [9.17, 15) is 15.3 Å². The van der Waals surface area contributed by atoms with E-state index in [4.69, 9.17) is 22.1 Å². The Hall–Kier alpha value is -2.30. The zero-order valence-electron chi connectivity index (χ0n) is 13.4. The van der Waals surface area contributed by atoms with Crippen LogP contribution < -0.4 is 5.73 Å². The Balaban J connectivity index is 1.93. The molecular weight excluding hydrogens is 362 g/mol. The van der Waals surface area contributed by atoms with Gasteiger partial charge in [0.2, 0.25) is 0 Å². The summed E-state index contributed by atoms with van der Waals surface area (Å²) in [5.74, 6) is 0.592. The molecule has 0 aliphatic carbocycles. The number of nitrogens with zero attached hydrogens (tertiary/aromatic N) is 4. The lowest BCUT2D eigenvalue weighted by Crippen LogP contribution is -2.33. The lowest BCUT2D eigenvalue weighted by atomic mass is 10.1. The van der Waals surface area contributed by atoms with Crippen molar-refractivity contribution in [1.29, 1.82) is 0 Å². The van der Waals surface area contributed by atoms with E-state index in [1.807, 2.05) is 0 Å². The Morgan fingerprint density at radius 3 is 2.54 bits per heavy atom. The second kappa shape index (κ2) is 6.45. The van der Waals surface area contributed by atoms with Crippen LogP contribution in [0.1, 0.15) is 6.23 Å². The summed E-state index contributed by atoms with van der Waals surface area (Å²) in [6.07, 6.45) is -3.19. The van der Waals surface area contributed by atoms with Crippen molar-refractivity contribution < 1.29 is 20.1 Å². The Bertz CT molecular complexity index is 948. The number of hydrogen-bond acceptors (Lipinski definition) is 8. The van der Waals surface area contributed by atoms with Crippen molar-refractivity contribution in [2.75, 3.05) is 12.3 Å². The van der Waals surface area contributed by atoms with Crippen LogP contribution >= 0.6 is 11.6 Å². The van der Waals surface area contributed by atoms with Gasteiger partial charge in [-0.2, -0.15) is 0 Å². The van der Waals surface area contributed by atoms with Crippen LogP contribution in [0.15, 0.2) is 30.6 Å². The minimum absolute atomic E-state index is 0.177. The third kappa shape index (κ3) is 2.61. The smallest absolute Gasteiger partial charge is 0.168 e. The SMILES string of the molecule is Nc1ncnc2c1nc(-c1ccc(Cl)cc1)n2C1OC(CO)C(O)C1O. The molecular formula is C16H16ClN5O4. The van der Waals surface area contributed by atoms with E-state index in [0.29, 0.717) is 27.6 Å². The summed E-state index contributed by atoms with van der Waals surface area (Å²) in [6.45, 7) is -0.436. The number of hydrogen-bond donors (Lipinski definition) is 4. The molecule has 3 heterocycles. The van der Waals surface area contributed by atoms with Crippen LogP contribution in [-0.4, -0.2) is 59.8 Å².